The summed E-state index contributed by atoms with van der Waals surface area (Å²) in [7, 11) is 0. The Labute approximate surface area is 309 Å². The number of hydrogen-bond donors (Lipinski definition) is 0. The quantitative estimate of drug-likeness (QED) is 0.0754. The Kier molecular flexibility index (Phi) is 7.46. The van der Waals surface area contributed by atoms with Gasteiger partial charge < -0.3 is 0 Å². The van der Waals surface area contributed by atoms with Gasteiger partial charge in [-0.3, -0.25) is 19.2 Å². The average Bonchev–Trinajstić information content (AvgIpc) is 3.48. The molecule has 8 rings (SSSR count). The van der Waals surface area contributed by atoms with Crippen molar-refractivity contribution in [3.05, 3.63) is 123 Å². The van der Waals surface area contributed by atoms with Crippen LogP contribution in [0.15, 0.2) is 54.6 Å². The average molecular weight is 794 g/mol. The third-order valence-corrected chi connectivity index (χ3v) is 12.3. The number of ketones is 2. The summed E-state index contributed by atoms with van der Waals surface area (Å²) in [5.74, 6) is -3.64. The standard InChI is InChI=1S/C34H10Cl8N2O4/c35-22-11-6-15-16(7-12(11)23(36)27(40)26(22)39)32(46)21(31(15)45)19-5-4-10-2-1-3-20(30(10)43-19)44-33(47)17-8-13-14(9-18(17)34(44)48)25(38)29(42)28(41)24(13)37/h1-9,21H. The molecule has 0 N–H and O–H groups in total. The number of aromatic nitrogens is 1. The van der Waals surface area contributed by atoms with E-state index >= 15 is 0 Å². The summed E-state index contributed by atoms with van der Waals surface area (Å²) in [6.07, 6.45) is 0. The highest BCUT2D eigenvalue weighted by molar-refractivity contribution is 6.57. The summed E-state index contributed by atoms with van der Waals surface area (Å²) in [6, 6.07) is 14.0. The van der Waals surface area contributed by atoms with Crippen LogP contribution in [0, 0.1) is 0 Å². The van der Waals surface area contributed by atoms with E-state index in [-0.39, 0.29) is 79.3 Å². The smallest absolute Gasteiger partial charge is 0.266 e. The topological polar surface area (TPSA) is 84.4 Å². The van der Waals surface area contributed by atoms with E-state index in [1.165, 1.54) is 24.3 Å². The maximum Gasteiger partial charge on any atom is 0.266 e. The van der Waals surface area contributed by atoms with Crippen LogP contribution in [0.5, 0.6) is 0 Å². The summed E-state index contributed by atoms with van der Waals surface area (Å²) < 4.78 is 0. The molecule has 0 saturated carbocycles. The van der Waals surface area contributed by atoms with Crippen molar-refractivity contribution >= 4 is 154 Å². The number of Topliss-reactive ketones (excluding diaryl/α,β-unsaturated/α-hetero) is 2. The molecule has 0 spiro atoms. The number of fused-ring (bicyclic) bond motifs is 5. The van der Waals surface area contributed by atoms with Crippen molar-refractivity contribution in [2.45, 2.75) is 5.92 Å². The number of anilines is 1. The lowest BCUT2D eigenvalue weighted by Crippen LogP contribution is -2.29. The fourth-order valence-electron chi connectivity index (χ4n) is 6.28. The summed E-state index contributed by atoms with van der Waals surface area (Å²) in [6.45, 7) is 0. The van der Waals surface area contributed by atoms with E-state index in [0.29, 0.717) is 26.9 Å². The summed E-state index contributed by atoms with van der Waals surface area (Å²) in [4.78, 5) is 61.0. The predicted molar refractivity (Wildman–Crippen MR) is 192 cm³/mol. The van der Waals surface area contributed by atoms with Crippen molar-refractivity contribution < 1.29 is 19.2 Å². The molecular formula is C34H10Cl8N2O4. The van der Waals surface area contributed by atoms with Crippen LogP contribution in [-0.4, -0.2) is 28.4 Å². The lowest BCUT2D eigenvalue weighted by molar-refractivity contribution is 0.0882. The Balaban J connectivity index is 1.25. The second-order valence-electron chi connectivity index (χ2n) is 11.1. The third-order valence-electron chi connectivity index (χ3n) is 8.60. The van der Waals surface area contributed by atoms with Crippen molar-refractivity contribution in [3.8, 4) is 0 Å². The van der Waals surface area contributed by atoms with Gasteiger partial charge in [-0.05, 0) is 36.4 Å². The molecule has 0 saturated heterocycles. The number of hydrogen-bond acceptors (Lipinski definition) is 5. The zero-order valence-corrected chi connectivity index (χ0v) is 29.4. The number of para-hydroxylation sites is 1. The van der Waals surface area contributed by atoms with E-state index in [9.17, 15) is 19.2 Å². The van der Waals surface area contributed by atoms with E-state index in [0.717, 1.165) is 4.90 Å². The lowest BCUT2D eigenvalue weighted by atomic mass is 9.98. The van der Waals surface area contributed by atoms with Gasteiger partial charge in [0, 0.05) is 38.1 Å². The number of halogens is 8. The molecular weight excluding hydrogens is 784 g/mol. The molecule has 1 aromatic heterocycles. The van der Waals surface area contributed by atoms with Gasteiger partial charge in [0.15, 0.2) is 11.6 Å². The first-order chi connectivity index (χ1) is 22.8. The van der Waals surface area contributed by atoms with Gasteiger partial charge >= 0.3 is 0 Å². The van der Waals surface area contributed by atoms with Gasteiger partial charge in [0.1, 0.15) is 5.92 Å². The number of pyridine rings is 1. The Morgan fingerprint density at radius 3 is 1.35 bits per heavy atom. The first-order valence-corrected chi connectivity index (χ1v) is 16.8. The van der Waals surface area contributed by atoms with E-state index in [4.69, 9.17) is 97.8 Å². The fraction of sp³-hybridized carbons (Fsp3) is 0.0294. The van der Waals surface area contributed by atoms with E-state index < -0.39 is 29.3 Å². The van der Waals surface area contributed by atoms with Crippen LogP contribution < -0.4 is 4.90 Å². The second kappa shape index (κ2) is 11.2. The molecule has 5 aromatic carbocycles. The van der Waals surface area contributed by atoms with Gasteiger partial charge in [0.2, 0.25) is 0 Å². The normalized spacial score (nSPS) is 14.7. The number of amides is 2. The minimum absolute atomic E-state index is 0.0141. The Hall–Kier alpha value is -3.17. The van der Waals surface area contributed by atoms with Crippen molar-refractivity contribution in [1.82, 2.24) is 4.98 Å². The molecule has 0 unspecified atom stereocenters. The summed E-state index contributed by atoms with van der Waals surface area (Å²) >= 11 is 50.7. The Bertz CT molecular complexity index is 2470. The van der Waals surface area contributed by atoms with Gasteiger partial charge in [0.25, 0.3) is 11.8 Å². The minimum atomic E-state index is -1.32. The van der Waals surface area contributed by atoms with Crippen LogP contribution in [0.4, 0.5) is 5.69 Å². The molecule has 6 nitrogen and oxygen atoms in total. The lowest BCUT2D eigenvalue weighted by Gasteiger charge is -2.17. The van der Waals surface area contributed by atoms with Gasteiger partial charge in [-0.2, -0.15) is 0 Å². The van der Waals surface area contributed by atoms with E-state index in [1.807, 2.05) is 0 Å². The first-order valence-electron chi connectivity index (χ1n) is 13.8. The Morgan fingerprint density at radius 2 is 0.917 bits per heavy atom. The van der Waals surface area contributed by atoms with Crippen LogP contribution in [0.1, 0.15) is 53.0 Å². The highest BCUT2D eigenvalue weighted by Crippen LogP contribution is 2.47. The van der Waals surface area contributed by atoms with Crippen LogP contribution in [0.2, 0.25) is 40.2 Å². The molecule has 14 heteroatoms. The van der Waals surface area contributed by atoms with Crippen molar-refractivity contribution in [2.75, 3.05) is 4.90 Å². The molecule has 2 amide bonds. The zero-order valence-electron chi connectivity index (χ0n) is 23.3. The number of rotatable bonds is 2. The van der Waals surface area contributed by atoms with Gasteiger partial charge in [-0.25, -0.2) is 9.88 Å². The van der Waals surface area contributed by atoms with Crippen molar-refractivity contribution in [3.63, 3.8) is 0 Å². The van der Waals surface area contributed by atoms with Crippen molar-refractivity contribution in [1.29, 1.82) is 0 Å². The molecule has 0 atom stereocenters. The zero-order chi connectivity index (χ0) is 34.1. The minimum Gasteiger partial charge on any atom is -0.293 e. The van der Waals surface area contributed by atoms with Crippen molar-refractivity contribution in [2.24, 2.45) is 0 Å². The molecule has 236 valence electrons. The molecule has 0 radical (unpaired) electrons. The number of carbonyl (C=O) groups excluding carboxylic acids is 4. The van der Waals surface area contributed by atoms with Crippen LogP contribution >= 0.6 is 92.8 Å². The molecule has 0 fully saturated rings. The van der Waals surface area contributed by atoms with Gasteiger partial charge in [-0.1, -0.05) is 111 Å². The fourth-order valence-corrected chi connectivity index (χ4v) is 8.27. The summed E-state index contributed by atoms with van der Waals surface area (Å²) in [5, 5.41) is 2.35. The molecule has 2 aliphatic rings. The maximum atomic E-state index is 13.8. The molecule has 1 aliphatic heterocycles. The number of benzene rings is 5. The molecule has 1 aliphatic carbocycles. The third kappa shape index (κ3) is 4.31. The maximum absolute atomic E-state index is 13.8. The monoisotopic (exact) mass is 790 g/mol. The number of nitrogens with zero attached hydrogens (tertiary/aromatic N) is 2. The van der Waals surface area contributed by atoms with E-state index in [2.05, 4.69) is 0 Å². The van der Waals surface area contributed by atoms with Gasteiger partial charge in [0.05, 0.1) is 68.2 Å². The van der Waals surface area contributed by atoms with Crippen LogP contribution in [0.3, 0.4) is 0 Å². The van der Waals surface area contributed by atoms with Crippen LogP contribution in [-0.2, 0) is 0 Å². The Morgan fingerprint density at radius 1 is 0.500 bits per heavy atom. The highest BCUT2D eigenvalue weighted by Gasteiger charge is 2.42. The number of carbonyl (C=O) groups is 4. The SMILES string of the molecule is O=C1c2cc3c(Cl)c(Cl)c(Cl)c(Cl)c3cc2C(=O)C1c1ccc2cccc(N3C(=O)c4cc5c(Cl)c(Cl)c(Cl)c(Cl)c5cc4C3=O)c2n1. The molecule has 48 heavy (non-hydrogen) atoms. The first kappa shape index (κ1) is 32.1. The predicted octanol–water partition coefficient (Wildman–Crippen LogP) is 11.7. The summed E-state index contributed by atoms with van der Waals surface area (Å²) in [5.41, 5.74) is 0.840. The van der Waals surface area contributed by atoms with E-state index in [1.54, 1.807) is 30.3 Å². The number of imide groups is 1. The highest BCUT2D eigenvalue weighted by atomic mass is 35.5. The van der Waals surface area contributed by atoms with Gasteiger partial charge in [-0.15, -0.1) is 0 Å². The van der Waals surface area contributed by atoms with Crippen LogP contribution in [0.25, 0.3) is 32.4 Å². The second-order valence-corrected chi connectivity index (χ2v) is 14.1. The molecule has 0 bridgehead atoms. The molecule has 6 aromatic rings. The molecule has 2 heterocycles. The largest absolute Gasteiger partial charge is 0.293 e.